The monoisotopic (exact) mass is 420 g/mol. The molecule has 30 heavy (non-hydrogen) atoms. The van der Waals surface area contributed by atoms with Gasteiger partial charge in [-0.1, -0.05) is 0 Å². The number of aryl methyl sites for hydroxylation is 2. The van der Waals surface area contributed by atoms with E-state index < -0.39 is 17.8 Å². The van der Waals surface area contributed by atoms with E-state index in [4.69, 9.17) is 0 Å². The highest BCUT2D eigenvalue weighted by atomic mass is 19.4. The summed E-state index contributed by atoms with van der Waals surface area (Å²) in [4.78, 5) is 18.9. The number of nitrogens with zero attached hydrogens (tertiary/aromatic N) is 6. The zero-order valence-electron chi connectivity index (χ0n) is 17.3. The molecule has 0 aliphatic heterocycles. The zero-order valence-corrected chi connectivity index (χ0v) is 17.3. The molecule has 160 valence electrons. The van der Waals surface area contributed by atoms with Gasteiger partial charge in [-0.3, -0.25) is 9.48 Å². The van der Waals surface area contributed by atoms with Crippen molar-refractivity contribution in [2.75, 3.05) is 7.05 Å². The molecule has 10 heteroatoms. The molecular weight excluding hydrogens is 397 g/mol. The molecule has 1 fully saturated rings. The molecule has 1 aliphatic carbocycles. The highest BCUT2D eigenvalue weighted by molar-refractivity contribution is 5.99. The molecule has 0 saturated heterocycles. The number of fused-ring (bicyclic) bond motifs is 1. The summed E-state index contributed by atoms with van der Waals surface area (Å²) in [6.45, 7) is 6.81. The standard InChI is InChI=1S/C20H23F3N6O/c1-5-28-12(3)15(11(2)26-28)10-27(4)19(30)14-9-24-29-17(20(21,22)23)8-16(13-6-7-13)25-18(14)29/h8-9,13H,5-7,10H2,1-4H3. The van der Waals surface area contributed by atoms with Crippen LogP contribution in [0.2, 0.25) is 0 Å². The van der Waals surface area contributed by atoms with E-state index in [-0.39, 0.29) is 17.1 Å². The van der Waals surface area contributed by atoms with Gasteiger partial charge in [0.1, 0.15) is 11.3 Å². The van der Waals surface area contributed by atoms with Gasteiger partial charge in [0.05, 0.1) is 11.9 Å². The maximum atomic E-state index is 13.6. The van der Waals surface area contributed by atoms with Crippen molar-refractivity contribution >= 4 is 11.6 Å². The molecule has 1 amide bonds. The van der Waals surface area contributed by atoms with Gasteiger partial charge in [0.2, 0.25) is 0 Å². The van der Waals surface area contributed by atoms with E-state index in [2.05, 4.69) is 15.2 Å². The molecular formula is C20H23F3N6O. The second-order valence-corrected chi connectivity index (χ2v) is 7.76. The van der Waals surface area contributed by atoms with Crippen LogP contribution in [0.15, 0.2) is 12.3 Å². The van der Waals surface area contributed by atoms with Gasteiger partial charge in [-0.25, -0.2) is 9.50 Å². The normalized spacial score (nSPS) is 14.5. The van der Waals surface area contributed by atoms with Crippen molar-refractivity contribution in [2.45, 2.75) is 58.8 Å². The lowest BCUT2D eigenvalue weighted by Gasteiger charge is -2.17. The average molecular weight is 420 g/mol. The summed E-state index contributed by atoms with van der Waals surface area (Å²) in [7, 11) is 1.61. The van der Waals surface area contributed by atoms with Crippen LogP contribution >= 0.6 is 0 Å². The first kappa shape index (κ1) is 20.4. The molecule has 0 radical (unpaired) electrons. The summed E-state index contributed by atoms with van der Waals surface area (Å²) >= 11 is 0. The molecule has 0 atom stereocenters. The first-order chi connectivity index (χ1) is 14.1. The van der Waals surface area contributed by atoms with Gasteiger partial charge in [-0.05, 0) is 39.7 Å². The molecule has 0 aromatic carbocycles. The Morgan fingerprint density at radius 1 is 1.30 bits per heavy atom. The van der Waals surface area contributed by atoms with Crippen molar-refractivity contribution < 1.29 is 18.0 Å². The summed E-state index contributed by atoms with van der Waals surface area (Å²) in [5.74, 6) is -0.418. The number of aromatic nitrogens is 5. The van der Waals surface area contributed by atoms with Crippen LogP contribution in [0.5, 0.6) is 0 Å². The Bertz CT molecular complexity index is 1130. The average Bonchev–Trinajstić information content (AvgIpc) is 3.40. The summed E-state index contributed by atoms with van der Waals surface area (Å²) < 4.78 is 43.3. The van der Waals surface area contributed by atoms with Gasteiger partial charge in [-0.15, -0.1) is 0 Å². The van der Waals surface area contributed by atoms with Crippen molar-refractivity contribution in [3.8, 4) is 0 Å². The molecule has 3 heterocycles. The number of carbonyl (C=O) groups is 1. The van der Waals surface area contributed by atoms with Gasteiger partial charge in [0, 0.05) is 43.0 Å². The SMILES string of the molecule is CCn1nc(C)c(CN(C)C(=O)c2cnn3c(C(F)(F)F)cc(C4CC4)nc23)c1C. The Kier molecular flexibility index (Phi) is 4.82. The number of halogens is 3. The van der Waals surface area contributed by atoms with Crippen molar-refractivity contribution in [1.29, 1.82) is 0 Å². The molecule has 1 saturated carbocycles. The van der Waals surface area contributed by atoms with Crippen LogP contribution in [0, 0.1) is 13.8 Å². The summed E-state index contributed by atoms with van der Waals surface area (Å²) in [6, 6.07) is 1.04. The lowest BCUT2D eigenvalue weighted by Crippen LogP contribution is -2.27. The predicted molar refractivity (Wildman–Crippen MR) is 103 cm³/mol. The first-order valence-corrected chi connectivity index (χ1v) is 9.86. The Morgan fingerprint density at radius 3 is 2.57 bits per heavy atom. The van der Waals surface area contributed by atoms with Gasteiger partial charge >= 0.3 is 6.18 Å². The highest BCUT2D eigenvalue weighted by Gasteiger charge is 2.38. The van der Waals surface area contributed by atoms with E-state index in [0.29, 0.717) is 18.8 Å². The molecule has 3 aromatic heterocycles. The number of rotatable bonds is 5. The second-order valence-electron chi connectivity index (χ2n) is 7.76. The number of alkyl halides is 3. The van der Waals surface area contributed by atoms with Gasteiger partial charge in [0.25, 0.3) is 5.91 Å². The maximum absolute atomic E-state index is 13.6. The number of hydrogen-bond donors (Lipinski definition) is 0. The zero-order chi connectivity index (χ0) is 21.8. The van der Waals surface area contributed by atoms with E-state index in [1.807, 2.05) is 25.5 Å². The third-order valence-electron chi connectivity index (χ3n) is 5.58. The number of carbonyl (C=O) groups excluding carboxylic acids is 1. The van der Waals surface area contributed by atoms with Gasteiger partial charge in [0.15, 0.2) is 5.65 Å². The smallest absolute Gasteiger partial charge is 0.337 e. The Balaban J connectivity index is 1.71. The van der Waals surface area contributed by atoms with Crippen LogP contribution in [0.25, 0.3) is 5.65 Å². The summed E-state index contributed by atoms with van der Waals surface area (Å²) in [6.07, 6.45) is -1.82. The molecule has 0 bridgehead atoms. The fraction of sp³-hybridized carbons (Fsp3) is 0.500. The minimum Gasteiger partial charge on any atom is -0.337 e. The molecule has 4 rings (SSSR count). The topological polar surface area (TPSA) is 68.3 Å². The van der Waals surface area contributed by atoms with Crippen LogP contribution in [0.3, 0.4) is 0 Å². The van der Waals surface area contributed by atoms with E-state index >= 15 is 0 Å². The summed E-state index contributed by atoms with van der Waals surface area (Å²) in [5, 5.41) is 8.29. The van der Waals surface area contributed by atoms with E-state index in [0.717, 1.165) is 40.4 Å². The van der Waals surface area contributed by atoms with Crippen LogP contribution in [0.4, 0.5) is 13.2 Å². The Hall–Kier alpha value is -2.91. The minimum absolute atomic E-state index is 0.0110. The largest absolute Gasteiger partial charge is 0.433 e. The second kappa shape index (κ2) is 7.10. The third-order valence-corrected chi connectivity index (χ3v) is 5.58. The minimum atomic E-state index is -4.59. The fourth-order valence-corrected chi connectivity index (χ4v) is 3.71. The Morgan fingerprint density at radius 2 is 2.00 bits per heavy atom. The first-order valence-electron chi connectivity index (χ1n) is 9.86. The van der Waals surface area contributed by atoms with Crippen molar-refractivity contribution in [1.82, 2.24) is 29.3 Å². The Labute approximate surface area is 171 Å². The highest BCUT2D eigenvalue weighted by Crippen LogP contribution is 2.41. The van der Waals surface area contributed by atoms with Crippen molar-refractivity contribution in [2.24, 2.45) is 0 Å². The molecule has 0 spiro atoms. The van der Waals surface area contributed by atoms with Crippen LogP contribution in [-0.2, 0) is 19.3 Å². The molecule has 0 N–H and O–H groups in total. The van der Waals surface area contributed by atoms with Crippen molar-refractivity contribution in [3.05, 3.63) is 46.2 Å². The van der Waals surface area contributed by atoms with E-state index in [9.17, 15) is 18.0 Å². The lowest BCUT2D eigenvalue weighted by atomic mass is 10.1. The van der Waals surface area contributed by atoms with Crippen LogP contribution < -0.4 is 0 Å². The predicted octanol–water partition coefficient (Wildman–Crippen LogP) is 3.73. The maximum Gasteiger partial charge on any atom is 0.433 e. The molecule has 3 aromatic rings. The quantitative estimate of drug-likeness (QED) is 0.631. The van der Waals surface area contributed by atoms with Crippen LogP contribution in [-0.4, -0.2) is 42.2 Å². The molecule has 1 aliphatic rings. The van der Waals surface area contributed by atoms with Gasteiger partial charge < -0.3 is 4.90 Å². The molecule has 0 unspecified atom stereocenters. The third kappa shape index (κ3) is 3.44. The fourth-order valence-electron chi connectivity index (χ4n) is 3.71. The summed E-state index contributed by atoms with van der Waals surface area (Å²) in [5.41, 5.74) is 2.16. The number of hydrogen-bond acceptors (Lipinski definition) is 4. The molecule has 7 nitrogen and oxygen atoms in total. The van der Waals surface area contributed by atoms with Crippen molar-refractivity contribution in [3.63, 3.8) is 0 Å². The van der Waals surface area contributed by atoms with E-state index in [1.165, 1.54) is 11.1 Å². The van der Waals surface area contributed by atoms with Gasteiger partial charge in [-0.2, -0.15) is 23.4 Å². The van der Waals surface area contributed by atoms with Crippen LogP contribution in [0.1, 0.15) is 64.4 Å². The lowest BCUT2D eigenvalue weighted by molar-refractivity contribution is -0.142. The van der Waals surface area contributed by atoms with E-state index in [1.54, 1.807) is 7.05 Å². The number of amides is 1.